The second-order valence-electron chi connectivity index (χ2n) is 8.00. The van der Waals surface area contributed by atoms with Gasteiger partial charge >= 0.3 is 0 Å². The Morgan fingerprint density at radius 1 is 0.943 bits per heavy atom. The molecule has 1 saturated heterocycles. The maximum atomic E-state index is 13.5. The molecule has 1 unspecified atom stereocenters. The van der Waals surface area contributed by atoms with Crippen LogP contribution in [-0.2, 0) is 23.2 Å². The highest BCUT2D eigenvalue weighted by Gasteiger charge is 2.25. The van der Waals surface area contributed by atoms with Crippen molar-refractivity contribution in [3.05, 3.63) is 66.3 Å². The number of hydrogen-bond acceptors (Lipinski definition) is 7. The van der Waals surface area contributed by atoms with Gasteiger partial charge in [0.2, 0.25) is 12.4 Å². The fourth-order valence-electron chi connectivity index (χ4n) is 3.66. The van der Waals surface area contributed by atoms with Gasteiger partial charge in [0.15, 0.2) is 17.5 Å². The first-order valence-electron chi connectivity index (χ1n) is 11.1. The van der Waals surface area contributed by atoms with Crippen molar-refractivity contribution in [2.45, 2.75) is 18.9 Å². The van der Waals surface area contributed by atoms with Crippen molar-refractivity contribution in [1.29, 1.82) is 0 Å². The quantitative estimate of drug-likeness (QED) is 0.257. The van der Waals surface area contributed by atoms with Crippen LogP contribution in [0.3, 0.4) is 0 Å². The lowest BCUT2D eigenvalue weighted by Gasteiger charge is -2.30. The summed E-state index contributed by atoms with van der Waals surface area (Å²) in [5.41, 5.74) is 1.13. The number of aryl methyl sites for hydroxylation is 1. The first-order valence-corrected chi connectivity index (χ1v) is 12.2. The first kappa shape index (κ1) is 24.9. The zero-order valence-corrected chi connectivity index (χ0v) is 19.7. The average molecular weight is 505 g/mol. The van der Waals surface area contributed by atoms with Crippen LogP contribution in [0, 0.1) is 17.5 Å². The minimum Gasteiger partial charge on any atom is -0.351 e. The largest absolute Gasteiger partial charge is 0.351 e. The summed E-state index contributed by atoms with van der Waals surface area (Å²) >= 11 is 1.10. The Labute approximate surface area is 205 Å². The molecule has 3 aromatic rings. The van der Waals surface area contributed by atoms with Gasteiger partial charge in [0, 0.05) is 37.5 Å². The lowest BCUT2D eigenvalue weighted by molar-refractivity contribution is -0.110. The maximum absolute atomic E-state index is 13.5. The van der Waals surface area contributed by atoms with Gasteiger partial charge in [-0.15, -0.1) is 4.31 Å². The number of nitrogens with zero attached hydrogens (tertiary/aromatic N) is 6. The lowest BCUT2D eigenvalue weighted by Crippen LogP contribution is -2.47. The number of benzene rings is 1. The topological polar surface area (TPSA) is 87.1 Å². The average Bonchev–Trinajstić information content (AvgIpc) is 2.89. The highest BCUT2D eigenvalue weighted by molar-refractivity contribution is 7.76. The van der Waals surface area contributed by atoms with Gasteiger partial charge < -0.3 is 10.2 Å². The second-order valence-corrected chi connectivity index (χ2v) is 9.22. The third-order valence-corrected chi connectivity index (χ3v) is 7.03. The summed E-state index contributed by atoms with van der Waals surface area (Å²) in [6.45, 7) is 3.11. The van der Waals surface area contributed by atoms with Gasteiger partial charge in [-0.1, -0.05) is 6.07 Å². The number of carbonyl (C=O) groups excluding carboxylic acids is 1. The number of carbonyl (C=O) groups is 1. The molecule has 12 heteroatoms. The number of piperazine rings is 1. The number of halogens is 3. The van der Waals surface area contributed by atoms with E-state index < -0.39 is 17.5 Å². The maximum Gasteiger partial charge on any atom is 0.225 e. The van der Waals surface area contributed by atoms with E-state index in [-0.39, 0.29) is 6.04 Å². The summed E-state index contributed by atoms with van der Waals surface area (Å²) in [6, 6.07) is 3.68. The molecule has 1 atom stereocenters. The molecule has 0 aliphatic carbocycles. The molecule has 0 radical (unpaired) electrons. The van der Waals surface area contributed by atoms with Crippen molar-refractivity contribution in [3.63, 3.8) is 0 Å². The molecular formula is C23H25F3N7OS+. The fourth-order valence-corrected chi connectivity index (χ4v) is 4.83. The molecule has 0 saturated carbocycles. The number of thiol groups is 1. The number of anilines is 1. The van der Waals surface area contributed by atoms with E-state index in [9.17, 15) is 18.0 Å². The van der Waals surface area contributed by atoms with Crippen LogP contribution < -0.4 is 10.2 Å². The predicted octanol–water partition coefficient (Wildman–Crippen LogP) is 1.95. The van der Waals surface area contributed by atoms with Gasteiger partial charge in [-0.05, 0) is 24.1 Å². The summed E-state index contributed by atoms with van der Waals surface area (Å²) in [6.07, 6.45) is 7.41. The monoisotopic (exact) mass is 504 g/mol. The van der Waals surface area contributed by atoms with Gasteiger partial charge in [-0.3, -0.25) is 4.79 Å². The first-order chi connectivity index (χ1) is 17.0. The Morgan fingerprint density at radius 2 is 1.66 bits per heavy atom. The van der Waals surface area contributed by atoms with Crippen LogP contribution >= 0.6 is 0 Å². The summed E-state index contributed by atoms with van der Waals surface area (Å²) in [5, 5.41) is 2.85. The molecule has 1 aliphatic rings. The Bertz CT molecular complexity index is 1110. The van der Waals surface area contributed by atoms with Gasteiger partial charge in [0.1, 0.15) is 11.6 Å². The SMILES string of the molecule is O=CNC(CCc1ncc(F)cn1)C[SH+]N1CCN(c2ncc(-c3ccc(F)c(F)c3)cn2)CC1. The molecule has 1 aliphatic heterocycles. The van der Waals surface area contributed by atoms with E-state index in [1.807, 2.05) is 0 Å². The number of amides is 1. The van der Waals surface area contributed by atoms with Crippen molar-refractivity contribution < 1.29 is 18.0 Å². The molecule has 184 valence electrons. The zero-order valence-electron chi connectivity index (χ0n) is 18.8. The minimum atomic E-state index is -0.906. The van der Waals surface area contributed by atoms with Crippen molar-refractivity contribution in [2.75, 3.05) is 36.8 Å². The second kappa shape index (κ2) is 11.9. The van der Waals surface area contributed by atoms with Crippen molar-refractivity contribution >= 4 is 24.3 Å². The lowest BCUT2D eigenvalue weighted by atomic mass is 10.1. The highest BCUT2D eigenvalue weighted by Crippen LogP contribution is 2.21. The van der Waals surface area contributed by atoms with E-state index in [1.54, 1.807) is 12.4 Å². The molecule has 1 aromatic carbocycles. The fraction of sp³-hybridized carbons (Fsp3) is 0.348. The van der Waals surface area contributed by atoms with Crippen LogP contribution in [0.1, 0.15) is 12.2 Å². The normalized spacial score (nSPS) is 15.1. The molecular weight excluding hydrogens is 479 g/mol. The van der Waals surface area contributed by atoms with E-state index in [1.165, 1.54) is 6.07 Å². The third-order valence-electron chi connectivity index (χ3n) is 5.63. The summed E-state index contributed by atoms with van der Waals surface area (Å²) < 4.78 is 41.9. The number of hydrogen-bond donors (Lipinski definition) is 1. The molecule has 3 heterocycles. The van der Waals surface area contributed by atoms with Crippen LogP contribution in [0.15, 0.2) is 43.0 Å². The minimum absolute atomic E-state index is 0.0342. The molecule has 1 fully saturated rings. The van der Waals surface area contributed by atoms with E-state index in [4.69, 9.17) is 0 Å². The van der Waals surface area contributed by atoms with Crippen LogP contribution in [0.2, 0.25) is 0 Å². The van der Waals surface area contributed by atoms with E-state index in [2.05, 4.69) is 34.5 Å². The molecule has 2 aromatic heterocycles. The standard InChI is InChI=1S/C23H24F3N7OS/c24-18-12-27-22(28-13-18)4-2-19(31-15-34)14-35-33-7-5-32(6-8-33)23-29-10-17(11-30-23)16-1-3-20(25)21(26)9-16/h1,3,9-13,15,19H,2,4-8,14H2,(H,31,34)/p+1. The molecule has 0 spiro atoms. The highest BCUT2D eigenvalue weighted by atomic mass is 32.2. The van der Waals surface area contributed by atoms with Crippen molar-refractivity contribution in [3.8, 4) is 11.1 Å². The van der Waals surface area contributed by atoms with Gasteiger partial charge in [-0.2, -0.15) is 0 Å². The Balaban J connectivity index is 1.24. The van der Waals surface area contributed by atoms with E-state index in [0.29, 0.717) is 42.2 Å². The van der Waals surface area contributed by atoms with Crippen LogP contribution in [0.5, 0.6) is 0 Å². The Kier molecular flexibility index (Phi) is 8.48. The summed E-state index contributed by atoms with van der Waals surface area (Å²) in [7, 11) is 0. The van der Waals surface area contributed by atoms with Crippen LogP contribution in [0.25, 0.3) is 11.1 Å². The number of nitrogens with one attached hydrogen (secondary N) is 1. The number of rotatable bonds is 10. The van der Waals surface area contributed by atoms with E-state index in [0.717, 1.165) is 68.4 Å². The molecule has 1 N–H and O–H groups in total. The van der Waals surface area contributed by atoms with Gasteiger partial charge in [0.25, 0.3) is 0 Å². The summed E-state index contributed by atoms with van der Waals surface area (Å²) in [5.74, 6) is -0.384. The Morgan fingerprint density at radius 3 is 2.31 bits per heavy atom. The zero-order chi connectivity index (χ0) is 24.6. The molecule has 0 bridgehead atoms. The van der Waals surface area contributed by atoms with Crippen LogP contribution in [-0.4, -0.2) is 68.6 Å². The van der Waals surface area contributed by atoms with Gasteiger partial charge in [-0.25, -0.2) is 33.1 Å². The molecule has 1 amide bonds. The molecule has 35 heavy (non-hydrogen) atoms. The molecule has 4 rings (SSSR count). The van der Waals surface area contributed by atoms with Crippen molar-refractivity contribution in [2.24, 2.45) is 0 Å². The Hall–Kier alpha value is -3.25. The third kappa shape index (κ3) is 6.89. The predicted molar refractivity (Wildman–Crippen MR) is 128 cm³/mol. The van der Waals surface area contributed by atoms with Gasteiger partial charge in [0.05, 0.1) is 43.5 Å². The van der Waals surface area contributed by atoms with Crippen molar-refractivity contribution in [1.82, 2.24) is 29.6 Å². The molecule has 8 nitrogen and oxygen atoms in total. The number of aromatic nitrogens is 4. The smallest absolute Gasteiger partial charge is 0.225 e. The van der Waals surface area contributed by atoms with E-state index >= 15 is 0 Å². The van der Waals surface area contributed by atoms with Crippen LogP contribution in [0.4, 0.5) is 19.1 Å². The summed E-state index contributed by atoms with van der Waals surface area (Å²) in [4.78, 5) is 29.8.